The lowest BCUT2D eigenvalue weighted by Crippen LogP contribution is -2.00. The summed E-state index contributed by atoms with van der Waals surface area (Å²) < 4.78 is 15.8. The molecule has 1 N–H and O–H groups in total. The van der Waals surface area contributed by atoms with E-state index in [4.69, 9.17) is 14.2 Å². The molecule has 0 fully saturated rings. The van der Waals surface area contributed by atoms with Crippen molar-refractivity contribution in [3.63, 3.8) is 0 Å². The van der Waals surface area contributed by atoms with Crippen LogP contribution in [0.3, 0.4) is 0 Å². The zero-order valence-corrected chi connectivity index (χ0v) is 9.80. The Morgan fingerprint density at radius 2 is 1.60 bits per heavy atom. The highest BCUT2D eigenvalue weighted by molar-refractivity contribution is 5.68. The van der Waals surface area contributed by atoms with E-state index in [0.717, 1.165) is 17.0 Å². The van der Waals surface area contributed by atoms with Crippen LogP contribution in [0.25, 0.3) is 0 Å². The van der Waals surface area contributed by atoms with Crippen molar-refractivity contribution in [2.75, 3.05) is 33.7 Å². The first-order valence-electron chi connectivity index (χ1n) is 4.66. The van der Waals surface area contributed by atoms with Gasteiger partial charge in [0.15, 0.2) is 11.5 Å². The summed E-state index contributed by atoms with van der Waals surface area (Å²) in [5.41, 5.74) is 1.80. The summed E-state index contributed by atoms with van der Waals surface area (Å²) in [6, 6.07) is 1.85. The smallest absolute Gasteiger partial charge is 0.167 e. The fraction of sp³-hybridized carbons (Fsp3) is 0.455. The van der Waals surface area contributed by atoms with E-state index in [0.29, 0.717) is 11.5 Å². The van der Waals surface area contributed by atoms with Crippen molar-refractivity contribution in [3.05, 3.63) is 11.6 Å². The molecule has 0 atom stereocenters. The lowest BCUT2D eigenvalue weighted by Gasteiger charge is -2.17. The second-order valence-corrected chi connectivity index (χ2v) is 3.07. The molecule has 1 rings (SSSR count). The normalized spacial score (nSPS) is 9.67. The molecule has 84 valence electrons. The van der Waals surface area contributed by atoms with Crippen molar-refractivity contribution in [2.24, 2.45) is 0 Å². The van der Waals surface area contributed by atoms with Gasteiger partial charge in [-0.15, -0.1) is 0 Å². The molecule has 0 heterocycles. The van der Waals surface area contributed by atoms with Crippen LogP contribution in [0.2, 0.25) is 0 Å². The van der Waals surface area contributed by atoms with Crippen LogP contribution in [0.4, 0.5) is 5.69 Å². The van der Waals surface area contributed by atoms with Gasteiger partial charge in [0.25, 0.3) is 0 Å². The summed E-state index contributed by atoms with van der Waals surface area (Å²) in [5, 5.41) is 3.05. The number of benzene rings is 1. The van der Waals surface area contributed by atoms with E-state index in [1.807, 2.05) is 20.0 Å². The summed E-state index contributed by atoms with van der Waals surface area (Å²) in [7, 11) is 6.70. The molecule has 0 aliphatic rings. The Labute approximate surface area is 90.1 Å². The lowest BCUT2D eigenvalue weighted by molar-refractivity contribution is 0.346. The zero-order chi connectivity index (χ0) is 11.4. The first-order valence-corrected chi connectivity index (χ1v) is 4.66. The third-order valence-corrected chi connectivity index (χ3v) is 2.32. The monoisotopic (exact) mass is 211 g/mol. The van der Waals surface area contributed by atoms with Gasteiger partial charge in [0.05, 0.1) is 27.0 Å². The van der Waals surface area contributed by atoms with Crippen molar-refractivity contribution in [2.45, 2.75) is 6.92 Å². The first-order chi connectivity index (χ1) is 7.19. The fourth-order valence-corrected chi connectivity index (χ4v) is 1.61. The second-order valence-electron chi connectivity index (χ2n) is 3.07. The van der Waals surface area contributed by atoms with Crippen LogP contribution in [0.1, 0.15) is 5.56 Å². The number of methoxy groups -OCH3 is 3. The largest absolute Gasteiger partial charge is 0.494 e. The average Bonchev–Trinajstić information content (AvgIpc) is 2.27. The van der Waals surface area contributed by atoms with Gasteiger partial charge in [0, 0.05) is 18.7 Å². The van der Waals surface area contributed by atoms with Crippen LogP contribution in [0.5, 0.6) is 17.2 Å². The maximum absolute atomic E-state index is 5.31. The molecule has 0 amide bonds. The highest BCUT2D eigenvalue weighted by Crippen LogP contribution is 2.42. The molecule has 0 radical (unpaired) electrons. The first kappa shape index (κ1) is 11.5. The summed E-state index contributed by atoms with van der Waals surface area (Å²) in [5.74, 6) is 2.17. The zero-order valence-electron chi connectivity index (χ0n) is 9.80. The van der Waals surface area contributed by atoms with Crippen LogP contribution in [-0.2, 0) is 0 Å². The Bertz CT molecular complexity index is 320. The van der Waals surface area contributed by atoms with Gasteiger partial charge in [-0.3, -0.25) is 0 Å². The molecular weight excluding hydrogens is 194 g/mol. The van der Waals surface area contributed by atoms with Crippen LogP contribution in [-0.4, -0.2) is 28.4 Å². The van der Waals surface area contributed by atoms with Gasteiger partial charge in [-0.1, -0.05) is 0 Å². The number of rotatable bonds is 4. The Morgan fingerprint density at radius 1 is 1.00 bits per heavy atom. The molecular formula is C11H17NO3. The molecule has 0 aliphatic heterocycles. The number of nitrogens with one attached hydrogen (secondary N) is 1. The highest BCUT2D eigenvalue weighted by atomic mass is 16.5. The minimum Gasteiger partial charge on any atom is -0.494 e. The molecule has 15 heavy (non-hydrogen) atoms. The van der Waals surface area contributed by atoms with Gasteiger partial charge in [-0.2, -0.15) is 0 Å². The van der Waals surface area contributed by atoms with Crippen LogP contribution in [0, 0.1) is 6.92 Å². The third-order valence-electron chi connectivity index (χ3n) is 2.32. The van der Waals surface area contributed by atoms with Gasteiger partial charge >= 0.3 is 0 Å². The number of hydrogen-bond donors (Lipinski definition) is 1. The molecule has 0 aliphatic carbocycles. The van der Waals surface area contributed by atoms with Crippen molar-refractivity contribution in [1.82, 2.24) is 0 Å². The Hall–Kier alpha value is -1.58. The SMILES string of the molecule is CNc1cc(OC)c(OC)c(C)c1OC. The third kappa shape index (κ3) is 1.93. The van der Waals surface area contributed by atoms with E-state index in [2.05, 4.69) is 5.32 Å². The summed E-state index contributed by atoms with van der Waals surface area (Å²) in [4.78, 5) is 0. The van der Waals surface area contributed by atoms with Crippen molar-refractivity contribution < 1.29 is 14.2 Å². The molecule has 0 unspecified atom stereocenters. The maximum Gasteiger partial charge on any atom is 0.167 e. The molecule has 1 aromatic rings. The van der Waals surface area contributed by atoms with E-state index < -0.39 is 0 Å². The quantitative estimate of drug-likeness (QED) is 0.827. The van der Waals surface area contributed by atoms with Gasteiger partial charge < -0.3 is 19.5 Å². The fourth-order valence-electron chi connectivity index (χ4n) is 1.61. The molecule has 0 aromatic heterocycles. The van der Waals surface area contributed by atoms with Gasteiger partial charge in [0.1, 0.15) is 5.75 Å². The molecule has 4 heteroatoms. The Balaban J connectivity index is 3.41. The Kier molecular flexibility index (Phi) is 3.66. The van der Waals surface area contributed by atoms with Crippen LogP contribution in [0.15, 0.2) is 6.07 Å². The number of ether oxygens (including phenoxy) is 3. The van der Waals surface area contributed by atoms with Crippen LogP contribution < -0.4 is 19.5 Å². The summed E-state index contributed by atoms with van der Waals surface area (Å²) in [6.07, 6.45) is 0. The van der Waals surface area contributed by atoms with Crippen LogP contribution >= 0.6 is 0 Å². The van der Waals surface area contributed by atoms with Gasteiger partial charge in [-0.05, 0) is 6.92 Å². The van der Waals surface area contributed by atoms with Gasteiger partial charge in [-0.25, -0.2) is 0 Å². The Morgan fingerprint density at radius 3 is 2.00 bits per heavy atom. The van der Waals surface area contributed by atoms with E-state index in [-0.39, 0.29) is 0 Å². The number of anilines is 1. The van der Waals surface area contributed by atoms with Gasteiger partial charge in [0.2, 0.25) is 0 Å². The topological polar surface area (TPSA) is 39.7 Å². The van der Waals surface area contributed by atoms with E-state index in [1.54, 1.807) is 21.3 Å². The minimum absolute atomic E-state index is 0.695. The van der Waals surface area contributed by atoms with E-state index in [1.165, 1.54) is 0 Å². The molecule has 0 spiro atoms. The van der Waals surface area contributed by atoms with Crippen molar-refractivity contribution in [1.29, 1.82) is 0 Å². The standard InChI is InChI=1S/C11H17NO3/c1-7-10(14-4)8(12-2)6-9(13-3)11(7)15-5/h6,12H,1-5H3. The molecule has 0 bridgehead atoms. The van der Waals surface area contributed by atoms with Crippen molar-refractivity contribution in [3.8, 4) is 17.2 Å². The molecule has 0 saturated heterocycles. The predicted octanol–water partition coefficient (Wildman–Crippen LogP) is 2.06. The number of hydrogen-bond acceptors (Lipinski definition) is 4. The molecule has 1 aromatic carbocycles. The lowest BCUT2D eigenvalue weighted by atomic mass is 10.1. The minimum atomic E-state index is 0.695. The highest BCUT2D eigenvalue weighted by Gasteiger charge is 2.16. The summed E-state index contributed by atoms with van der Waals surface area (Å²) >= 11 is 0. The summed E-state index contributed by atoms with van der Waals surface area (Å²) in [6.45, 7) is 1.93. The molecule has 0 saturated carbocycles. The van der Waals surface area contributed by atoms with Crippen molar-refractivity contribution >= 4 is 5.69 Å². The predicted molar refractivity (Wildman–Crippen MR) is 60.4 cm³/mol. The maximum atomic E-state index is 5.31. The van der Waals surface area contributed by atoms with E-state index in [9.17, 15) is 0 Å². The molecule has 4 nitrogen and oxygen atoms in total. The second kappa shape index (κ2) is 4.77. The average molecular weight is 211 g/mol. The van der Waals surface area contributed by atoms with E-state index >= 15 is 0 Å².